The van der Waals surface area contributed by atoms with Gasteiger partial charge in [-0.25, -0.2) is 0 Å². The number of hydrogen-bond donors (Lipinski definition) is 1. The summed E-state index contributed by atoms with van der Waals surface area (Å²) in [6.07, 6.45) is -9.09. The Kier molecular flexibility index (Phi) is 5.28. The van der Waals surface area contributed by atoms with E-state index in [-0.39, 0.29) is 23.0 Å². The largest absolute Gasteiger partial charge is 0.438 e. The van der Waals surface area contributed by atoms with Gasteiger partial charge in [-0.1, -0.05) is 25.0 Å². The molecule has 8 heteroatoms. The molecule has 2 fully saturated rings. The van der Waals surface area contributed by atoms with Gasteiger partial charge in [-0.3, -0.25) is 4.79 Å². The fraction of sp³-hybridized carbons (Fsp3) is 0.722. The van der Waals surface area contributed by atoms with Crippen LogP contribution in [-0.2, 0) is 4.79 Å². The average molecular weight is 382 g/mol. The number of hydrogen-bond acceptors (Lipinski definition) is 2. The molecule has 1 N–H and O–H groups in total. The normalized spacial score (nSPS) is 29.8. The van der Waals surface area contributed by atoms with E-state index in [1.165, 1.54) is 0 Å². The number of rotatable bonds is 2. The zero-order chi connectivity index (χ0) is 20.0. The fourth-order valence-electron chi connectivity index (χ4n) is 4.31. The van der Waals surface area contributed by atoms with Crippen molar-refractivity contribution < 1.29 is 36.2 Å². The summed E-state index contributed by atoms with van der Waals surface area (Å²) < 4.78 is 75.7. The van der Waals surface area contributed by atoms with Gasteiger partial charge in [0.15, 0.2) is 0 Å². The minimum atomic E-state index is -5.96. The molecule has 0 heterocycles. The molecular formula is C18H20F6O2. The van der Waals surface area contributed by atoms with Crippen molar-refractivity contribution in [3.63, 3.8) is 0 Å². The third-order valence-electron chi connectivity index (χ3n) is 5.76. The van der Waals surface area contributed by atoms with Crippen LogP contribution in [0, 0.1) is 29.1 Å². The molecular weight excluding hydrogens is 362 g/mol. The summed E-state index contributed by atoms with van der Waals surface area (Å²) in [5.41, 5.74) is -5.04. The van der Waals surface area contributed by atoms with Crippen molar-refractivity contribution >= 4 is 5.78 Å². The van der Waals surface area contributed by atoms with E-state index >= 15 is 0 Å². The number of allylic oxidation sites excluding steroid dienone is 1. The summed E-state index contributed by atoms with van der Waals surface area (Å²) in [4.78, 5) is 12.1. The van der Waals surface area contributed by atoms with E-state index in [0.29, 0.717) is 31.3 Å². The summed E-state index contributed by atoms with van der Waals surface area (Å²) >= 11 is 0. The highest BCUT2D eigenvalue weighted by atomic mass is 19.4. The van der Waals surface area contributed by atoms with E-state index < -0.39 is 24.4 Å². The lowest BCUT2D eigenvalue weighted by molar-refractivity contribution is -0.343. The van der Waals surface area contributed by atoms with E-state index in [1.54, 1.807) is 0 Å². The summed E-state index contributed by atoms with van der Waals surface area (Å²) in [7, 11) is 0. The van der Waals surface area contributed by atoms with Crippen molar-refractivity contribution in [2.45, 2.75) is 63.4 Å². The number of aliphatic hydroxyl groups is 1. The Morgan fingerprint density at radius 3 is 2.35 bits per heavy atom. The first-order chi connectivity index (χ1) is 11.7. The third-order valence-corrected chi connectivity index (χ3v) is 5.76. The standard InChI is InChI=1S/C18H20F6O2/c1-11(5-3-10-16(26,17(19,20)21)18(22,23)24)12-7-8-13-14(25)6-4-9-15(12,13)2/h12-13,26H,1,4-9H2,2H3/t12?,13-,15?/m0/s1. The Morgan fingerprint density at radius 2 is 1.81 bits per heavy atom. The molecule has 2 unspecified atom stereocenters. The van der Waals surface area contributed by atoms with Crippen LogP contribution in [0.15, 0.2) is 12.2 Å². The van der Waals surface area contributed by atoms with Crippen molar-refractivity contribution in [1.29, 1.82) is 0 Å². The smallest absolute Gasteiger partial charge is 0.363 e. The minimum Gasteiger partial charge on any atom is -0.363 e. The zero-order valence-corrected chi connectivity index (χ0v) is 14.2. The zero-order valence-electron chi connectivity index (χ0n) is 14.2. The van der Waals surface area contributed by atoms with E-state index in [2.05, 4.69) is 6.58 Å². The number of ketones is 1. The number of alkyl halides is 6. The highest BCUT2D eigenvalue weighted by Crippen LogP contribution is 2.56. The number of carbonyl (C=O) groups is 1. The topological polar surface area (TPSA) is 37.3 Å². The van der Waals surface area contributed by atoms with Crippen LogP contribution >= 0.6 is 0 Å². The van der Waals surface area contributed by atoms with Crippen molar-refractivity contribution in [3.05, 3.63) is 12.2 Å². The second kappa shape index (κ2) is 6.59. The highest BCUT2D eigenvalue weighted by Gasteiger charge is 2.70. The second-order valence-electron chi connectivity index (χ2n) is 7.35. The Balaban J connectivity index is 2.17. The third kappa shape index (κ3) is 3.38. The minimum absolute atomic E-state index is 0.145. The van der Waals surface area contributed by atoms with Crippen molar-refractivity contribution in [3.8, 4) is 11.8 Å². The summed E-state index contributed by atoms with van der Waals surface area (Å²) in [6.45, 7) is 5.71. The number of fused-ring (bicyclic) bond motifs is 1. The molecule has 2 aliphatic rings. The molecule has 3 atom stereocenters. The molecule has 26 heavy (non-hydrogen) atoms. The first kappa shape index (κ1) is 20.8. The van der Waals surface area contributed by atoms with Crippen molar-refractivity contribution in [2.24, 2.45) is 17.3 Å². The lowest BCUT2D eigenvalue weighted by Gasteiger charge is -2.40. The van der Waals surface area contributed by atoms with Crippen LogP contribution in [-0.4, -0.2) is 28.8 Å². The molecule has 0 aromatic heterocycles. The Morgan fingerprint density at radius 1 is 1.23 bits per heavy atom. The van der Waals surface area contributed by atoms with Gasteiger partial charge in [-0.2, -0.15) is 26.3 Å². The molecule has 0 spiro atoms. The highest BCUT2D eigenvalue weighted by molar-refractivity contribution is 5.83. The van der Waals surface area contributed by atoms with Crippen LogP contribution in [0.5, 0.6) is 0 Å². The molecule has 0 radical (unpaired) electrons. The lowest BCUT2D eigenvalue weighted by atomic mass is 9.63. The van der Waals surface area contributed by atoms with Gasteiger partial charge in [0.05, 0.1) is 0 Å². The maximum Gasteiger partial charge on any atom is 0.438 e. The summed E-state index contributed by atoms with van der Waals surface area (Å²) in [5, 5.41) is 9.04. The quantitative estimate of drug-likeness (QED) is 0.431. The predicted molar refractivity (Wildman–Crippen MR) is 81.8 cm³/mol. The predicted octanol–water partition coefficient (Wildman–Crippen LogP) is 4.58. The fourth-order valence-corrected chi connectivity index (χ4v) is 4.31. The van der Waals surface area contributed by atoms with Gasteiger partial charge < -0.3 is 5.11 Å². The number of carbonyl (C=O) groups excluding carboxylic acids is 1. The van der Waals surface area contributed by atoms with Crippen LogP contribution in [0.1, 0.15) is 45.4 Å². The molecule has 0 aliphatic heterocycles. The summed E-state index contributed by atoms with van der Waals surface area (Å²) in [5.74, 6) is 2.59. The Bertz CT molecular complexity index is 637. The van der Waals surface area contributed by atoms with E-state index in [0.717, 1.165) is 12.3 Å². The molecule has 0 amide bonds. The Hall–Kier alpha value is -1.49. The lowest BCUT2D eigenvalue weighted by Crippen LogP contribution is -2.55. The average Bonchev–Trinajstić information content (AvgIpc) is 2.83. The monoisotopic (exact) mass is 382 g/mol. The molecule has 2 rings (SSSR count). The molecule has 146 valence electrons. The maximum atomic E-state index is 12.6. The number of Topliss-reactive ketones (excluding diaryl/α,β-unsaturated/α-hetero) is 1. The van der Waals surface area contributed by atoms with Crippen molar-refractivity contribution in [2.75, 3.05) is 0 Å². The van der Waals surface area contributed by atoms with E-state index in [4.69, 9.17) is 5.11 Å². The molecule has 0 bridgehead atoms. The van der Waals surface area contributed by atoms with Gasteiger partial charge in [-0.05, 0) is 42.9 Å². The van der Waals surface area contributed by atoms with E-state index in [9.17, 15) is 31.1 Å². The van der Waals surface area contributed by atoms with Crippen LogP contribution in [0.2, 0.25) is 0 Å². The first-order valence-corrected chi connectivity index (χ1v) is 8.30. The second-order valence-corrected chi connectivity index (χ2v) is 7.35. The number of halogens is 6. The van der Waals surface area contributed by atoms with Gasteiger partial charge in [-0.15, -0.1) is 0 Å². The van der Waals surface area contributed by atoms with Crippen LogP contribution < -0.4 is 0 Å². The van der Waals surface area contributed by atoms with Crippen LogP contribution in [0.4, 0.5) is 26.3 Å². The summed E-state index contributed by atoms with van der Waals surface area (Å²) in [6, 6.07) is 0. The van der Waals surface area contributed by atoms with Gasteiger partial charge in [0.2, 0.25) is 0 Å². The molecule has 0 aromatic rings. The SMILES string of the molecule is C=C(CC#CC(O)(C(F)(F)F)C(F)(F)F)C1CC[C@H]2C(=O)CCCC12C. The van der Waals surface area contributed by atoms with Gasteiger partial charge in [0, 0.05) is 18.8 Å². The molecule has 0 aromatic carbocycles. The molecule has 2 nitrogen and oxygen atoms in total. The van der Waals surface area contributed by atoms with Crippen LogP contribution in [0.25, 0.3) is 0 Å². The van der Waals surface area contributed by atoms with Gasteiger partial charge in [0.25, 0.3) is 0 Å². The van der Waals surface area contributed by atoms with Crippen molar-refractivity contribution in [1.82, 2.24) is 0 Å². The molecule has 2 saturated carbocycles. The molecule has 2 aliphatic carbocycles. The van der Waals surface area contributed by atoms with Gasteiger partial charge >= 0.3 is 18.0 Å². The van der Waals surface area contributed by atoms with Gasteiger partial charge in [0.1, 0.15) is 5.78 Å². The van der Waals surface area contributed by atoms with Crippen LogP contribution in [0.3, 0.4) is 0 Å². The Labute approximate surface area is 147 Å². The maximum absolute atomic E-state index is 12.6. The van der Waals surface area contributed by atoms with E-state index in [1.807, 2.05) is 12.8 Å². The molecule has 0 saturated heterocycles. The first-order valence-electron chi connectivity index (χ1n) is 8.30.